The molecule has 0 amide bonds. The molecule has 1 heterocycles. The summed E-state index contributed by atoms with van der Waals surface area (Å²) in [5, 5.41) is 0.863. The van der Waals surface area contributed by atoms with Gasteiger partial charge in [-0.15, -0.1) is 0 Å². The van der Waals surface area contributed by atoms with E-state index in [1.54, 1.807) is 0 Å². The Labute approximate surface area is 147 Å². The van der Waals surface area contributed by atoms with Crippen molar-refractivity contribution in [1.29, 1.82) is 0 Å². The summed E-state index contributed by atoms with van der Waals surface area (Å²) in [6.45, 7) is 0. The number of aromatic amines is 1. The maximum atomic E-state index is 12.8. The van der Waals surface area contributed by atoms with Gasteiger partial charge in [-0.2, -0.15) is 13.2 Å². The predicted molar refractivity (Wildman–Crippen MR) is 92.4 cm³/mol. The van der Waals surface area contributed by atoms with Crippen molar-refractivity contribution in [3.8, 4) is 11.3 Å². The van der Waals surface area contributed by atoms with Gasteiger partial charge < -0.3 is 15.5 Å². The van der Waals surface area contributed by atoms with Crippen molar-refractivity contribution in [3.63, 3.8) is 0 Å². The highest BCUT2D eigenvalue weighted by molar-refractivity contribution is 5.91. The Kier molecular flexibility index (Phi) is 4.73. The van der Waals surface area contributed by atoms with Crippen LogP contribution in [0.4, 0.5) is 13.2 Å². The number of benzene rings is 2. The monoisotopic (exact) mass is 362 g/mol. The van der Waals surface area contributed by atoms with Gasteiger partial charge in [0.25, 0.3) is 0 Å². The average molecular weight is 362 g/mol. The minimum Gasteiger partial charge on any atom is -0.468 e. The van der Waals surface area contributed by atoms with Crippen molar-refractivity contribution in [1.82, 2.24) is 4.98 Å². The molecule has 4 nitrogen and oxygen atoms in total. The summed E-state index contributed by atoms with van der Waals surface area (Å²) in [4.78, 5) is 14.9. The molecule has 0 radical (unpaired) electrons. The van der Waals surface area contributed by atoms with Crippen molar-refractivity contribution in [2.45, 2.75) is 18.6 Å². The molecular formula is C19H17F3N2O2. The van der Waals surface area contributed by atoms with E-state index in [4.69, 9.17) is 5.73 Å². The number of halogens is 3. The Hall–Kier alpha value is -2.80. The number of alkyl halides is 3. The molecule has 0 saturated heterocycles. The van der Waals surface area contributed by atoms with Gasteiger partial charge in [0.1, 0.15) is 6.04 Å². The number of H-pyrrole nitrogens is 1. The van der Waals surface area contributed by atoms with Crippen LogP contribution >= 0.6 is 0 Å². The van der Waals surface area contributed by atoms with Crippen LogP contribution < -0.4 is 5.73 Å². The summed E-state index contributed by atoms with van der Waals surface area (Å²) in [5.74, 6) is -0.548. The smallest absolute Gasteiger partial charge is 0.416 e. The van der Waals surface area contributed by atoms with Crippen molar-refractivity contribution >= 4 is 16.9 Å². The number of hydrogen-bond acceptors (Lipinski definition) is 3. The molecule has 26 heavy (non-hydrogen) atoms. The fourth-order valence-electron chi connectivity index (χ4n) is 2.94. The Balaban J connectivity index is 2.07. The Morgan fingerprint density at radius 2 is 1.81 bits per heavy atom. The first-order valence-electron chi connectivity index (χ1n) is 7.92. The molecule has 0 unspecified atom stereocenters. The highest BCUT2D eigenvalue weighted by Crippen LogP contribution is 2.34. The molecule has 0 aliphatic carbocycles. The average Bonchev–Trinajstić information content (AvgIpc) is 2.99. The van der Waals surface area contributed by atoms with Crippen LogP contribution in [0.15, 0.2) is 48.5 Å². The number of carbonyl (C=O) groups excluding carboxylic acids is 1. The molecule has 0 aliphatic rings. The number of hydrogen-bond donors (Lipinski definition) is 2. The number of nitrogens with two attached hydrogens (primary N) is 1. The fraction of sp³-hybridized carbons (Fsp3) is 0.211. The van der Waals surface area contributed by atoms with Gasteiger partial charge in [-0.3, -0.25) is 4.79 Å². The third kappa shape index (κ3) is 3.43. The second-order valence-corrected chi connectivity index (χ2v) is 5.93. The molecule has 3 N–H and O–H groups in total. The van der Waals surface area contributed by atoms with Gasteiger partial charge >= 0.3 is 12.1 Å². The van der Waals surface area contributed by atoms with Gasteiger partial charge in [-0.05, 0) is 29.3 Å². The van der Waals surface area contributed by atoms with Crippen LogP contribution in [0, 0.1) is 0 Å². The van der Waals surface area contributed by atoms with Gasteiger partial charge in [0.05, 0.1) is 12.7 Å². The van der Waals surface area contributed by atoms with Crippen molar-refractivity contribution < 1.29 is 22.7 Å². The zero-order chi connectivity index (χ0) is 18.9. The Morgan fingerprint density at radius 3 is 2.42 bits per heavy atom. The fourth-order valence-corrected chi connectivity index (χ4v) is 2.94. The summed E-state index contributed by atoms with van der Waals surface area (Å²) < 4.78 is 43.1. The summed E-state index contributed by atoms with van der Waals surface area (Å²) in [6, 6.07) is 11.4. The van der Waals surface area contributed by atoms with Gasteiger partial charge in [-0.25, -0.2) is 0 Å². The molecule has 0 aliphatic heterocycles. The number of methoxy groups -OCH3 is 1. The van der Waals surface area contributed by atoms with Crippen LogP contribution in [0.5, 0.6) is 0 Å². The molecule has 3 rings (SSSR count). The third-order valence-corrected chi connectivity index (χ3v) is 4.24. The molecule has 0 bridgehead atoms. The number of rotatable bonds is 4. The zero-order valence-electron chi connectivity index (χ0n) is 13.9. The molecule has 7 heteroatoms. The van der Waals surface area contributed by atoms with Gasteiger partial charge in [-0.1, -0.05) is 30.3 Å². The number of fused-ring (bicyclic) bond motifs is 1. The molecule has 3 aromatic rings. The normalized spacial score (nSPS) is 13.0. The number of aromatic nitrogens is 1. The molecule has 0 spiro atoms. The van der Waals surface area contributed by atoms with Gasteiger partial charge in [0, 0.05) is 23.0 Å². The van der Waals surface area contributed by atoms with E-state index in [2.05, 4.69) is 9.72 Å². The highest BCUT2D eigenvalue weighted by atomic mass is 19.4. The van der Waals surface area contributed by atoms with E-state index < -0.39 is 23.8 Å². The lowest BCUT2D eigenvalue weighted by Gasteiger charge is -2.12. The first-order chi connectivity index (χ1) is 12.3. The maximum absolute atomic E-state index is 12.8. The SMILES string of the molecule is COC(=O)[C@@H](N)Cc1c(-c2ccc(C(F)(F)F)cc2)[nH]c2ccccc12. The molecular weight excluding hydrogens is 345 g/mol. The number of para-hydroxylation sites is 1. The maximum Gasteiger partial charge on any atom is 0.416 e. The van der Waals surface area contributed by atoms with E-state index in [9.17, 15) is 18.0 Å². The lowest BCUT2D eigenvalue weighted by Crippen LogP contribution is -2.33. The second kappa shape index (κ2) is 6.84. The van der Waals surface area contributed by atoms with Crippen LogP contribution in [-0.2, 0) is 22.1 Å². The second-order valence-electron chi connectivity index (χ2n) is 5.93. The minimum atomic E-state index is -4.39. The summed E-state index contributed by atoms with van der Waals surface area (Å²) >= 11 is 0. The van der Waals surface area contributed by atoms with Crippen molar-refractivity contribution in [3.05, 3.63) is 59.7 Å². The Bertz CT molecular complexity index is 930. The lowest BCUT2D eigenvalue weighted by atomic mass is 9.98. The van der Waals surface area contributed by atoms with Crippen molar-refractivity contribution in [2.24, 2.45) is 5.73 Å². The molecule has 1 atom stereocenters. The number of ether oxygens (including phenoxy) is 1. The third-order valence-electron chi connectivity index (χ3n) is 4.24. The largest absolute Gasteiger partial charge is 0.468 e. The van der Waals surface area contributed by atoms with Crippen LogP contribution in [-0.4, -0.2) is 24.1 Å². The van der Waals surface area contributed by atoms with E-state index in [0.29, 0.717) is 11.3 Å². The molecule has 0 fully saturated rings. The van der Waals surface area contributed by atoms with E-state index in [1.165, 1.54) is 19.2 Å². The summed E-state index contributed by atoms with van der Waals surface area (Å²) in [6.07, 6.45) is -4.19. The standard InChI is InChI=1S/C19H17F3N2O2/c1-26-18(25)15(23)10-14-13-4-2-3-5-16(13)24-17(14)11-6-8-12(9-7-11)19(20,21)22/h2-9,15,24H,10,23H2,1H3/t15-/m0/s1. The Morgan fingerprint density at radius 1 is 1.15 bits per heavy atom. The van der Waals surface area contributed by atoms with E-state index in [1.807, 2.05) is 24.3 Å². The first kappa shape index (κ1) is 18.0. The van der Waals surface area contributed by atoms with Crippen LogP contribution in [0.3, 0.4) is 0 Å². The van der Waals surface area contributed by atoms with E-state index >= 15 is 0 Å². The van der Waals surface area contributed by atoms with Crippen LogP contribution in [0.2, 0.25) is 0 Å². The predicted octanol–water partition coefficient (Wildman–Crippen LogP) is 3.90. The minimum absolute atomic E-state index is 0.201. The van der Waals surface area contributed by atoms with Crippen LogP contribution in [0.25, 0.3) is 22.2 Å². The quantitative estimate of drug-likeness (QED) is 0.692. The van der Waals surface area contributed by atoms with E-state index in [-0.39, 0.29) is 6.42 Å². The number of nitrogens with one attached hydrogen (secondary N) is 1. The molecule has 2 aromatic carbocycles. The van der Waals surface area contributed by atoms with Crippen LogP contribution in [0.1, 0.15) is 11.1 Å². The lowest BCUT2D eigenvalue weighted by molar-refractivity contribution is -0.142. The first-order valence-corrected chi connectivity index (χ1v) is 7.92. The topological polar surface area (TPSA) is 68.1 Å². The molecule has 1 aromatic heterocycles. The highest BCUT2D eigenvalue weighted by Gasteiger charge is 2.30. The van der Waals surface area contributed by atoms with Gasteiger partial charge in [0.2, 0.25) is 0 Å². The van der Waals surface area contributed by atoms with Gasteiger partial charge in [0.15, 0.2) is 0 Å². The molecule has 136 valence electrons. The number of carbonyl (C=O) groups is 1. The zero-order valence-corrected chi connectivity index (χ0v) is 13.9. The summed E-state index contributed by atoms with van der Waals surface area (Å²) in [7, 11) is 1.26. The van der Waals surface area contributed by atoms with Crippen molar-refractivity contribution in [2.75, 3.05) is 7.11 Å². The number of esters is 1. The van der Waals surface area contributed by atoms with E-state index in [0.717, 1.165) is 28.6 Å². The summed E-state index contributed by atoms with van der Waals surface area (Å²) in [5.41, 5.74) is 7.98. The molecule has 0 saturated carbocycles.